The lowest BCUT2D eigenvalue weighted by molar-refractivity contribution is 1.16. The highest BCUT2D eigenvalue weighted by molar-refractivity contribution is 9.10. The molecule has 0 aliphatic carbocycles. The van der Waals surface area contributed by atoms with E-state index in [-0.39, 0.29) is 5.84 Å². The Kier molecular flexibility index (Phi) is 3.94. The van der Waals surface area contributed by atoms with Crippen molar-refractivity contribution in [3.63, 3.8) is 0 Å². The quantitative estimate of drug-likeness (QED) is 0.538. The summed E-state index contributed by atoms with van der Waals surface area (Å²) in [6.07, 6.45) is 0. The number of para-hydroxylation sites is 1. The number of hydrogen-bond acceptors (Lipinski definition) is 3. The highest BCUT2D eigenvalue weighted by Crippen LogP contribution is 2.31. The number of nitrogen functional groups attached to an aromatic ring is 1. The third-order valence-corrected chi connectivity index (χ3v) is 4.55. The molecule has 2 aromatic carbocycles. The molecule has 0 unspecified atom stereocenters. The second kappa shape index (κ2) is 5.87. The van der Waals surface area contributed by atoms with Crippen LogP contribution in [0.25, 0.3) is 10.9 Å². The molecule has 5 heteroatoms. The number of nitrogens with one attached hydrogen (secondary N) is 1. The topological polar surface area (TPSA) is 62.8 Å². The van der Waals surface area contributed by atoms with E-state index in [2.05, 4.69) is 20.9 Å². The van der Waals surface area contributed by atoms with Crippen molar-refractivity contribution in [2.24, 2.45) is 5.73 Å². The average Bonchev–Trinajstić information content (AvgIpc) is 2.48. The van der Waals surface area contributed by atoms with Gasteiger partial charge in [0, 0.05) is 20.3 Å². The van der Waals surface area contributed by atoms with Crippen LogP contribution in [0.5, 0.6) is 0 Å². The summed E-state index contributed by atoms with van der Waals surface area (Å²) in [5.41, 5.74) is 7.28. The smallest absolute Gasteiger partial charge is 0.125 e. The normalized spacial score (nSPS) is 10.7. The van der Waals surface area contributed by atoms with Crippen molar-refractivity contribution in [3.8, 4) is 0 Å². The van der Waals surface area contributed by atoms with Crippen LogP contribution in [-0.2, 0) is 0 Å². The fourth-order valence-corrected chi connectivity index (χ4v) is 3.17. The van der Waals surface area contributed by atoms with Gasteiger partial charge in [0.1, 0.15) is 10.9 Å². The summed E-state index contributed by atoms with van der Waals surface area (Å²) in [5.74, 6) is 0.0351. The molecule has 3 N–H and O–H groups in total. The van der Waals surface area contributed by atoms with Crippen molar-refractivity contribution in [2.75, 3.05) is 0 Å². The Morgan fingerprint density at radius 3 is 2.52 bits per heavy atom. The lowest BCUT2D eigenvalue weighted by Crippen LogP contribution is -2.13. The highest BCUT2D eigenvalue weighted by atomic mass is 79.9. The van der Waals surface area contributed by atoms with E-state index in [1.807, 2.05) is 54.6 Å². The summed E-state index contributed by atoms with van der Waals surface area (Å²) in [7, 11) is 0. The van der Waals surface area contributed by atoms with Gasteiger partial charge < -0.3 is 5.73 Å². The minimum absolute atomic E-state index is 0.0351. The lowest BCUT2D eigenvalue weighted by Gasteiger charge is -2.09. The van der Waals surface area contributed by atoms with Crippen LogP contribution >= 0.6 is 27.7 Å². The second-order valence-electron chi connectivity index (χ2n) is 4.50. The fourth-order valence-electron chi connectivity index (χ4n) is 1.98. The molecule has 1 heterocycles. The number of fused-ring (bicyclic) bond motifs is 1. The van der Waals surface area contributed by atoms with E-state index in [0.717, 1.165) is 25.3 Å². The van der Waals surface area contributed by atoms with Gasteiger partial charge in [0.25, 0.3) is 0 Å². The van der Waals surface area contributed by atoms with Crippen molar-refractivity contribution in [1.82, 2.24) is 4.98 Å². The Morgan fingerprint density at radius 2 is 1.81 bits per heavy atom. The fraction of sp³-hybridized carbons (Fsp3) is 0. The molecule has 0 aliphatic heterocycles. The number of nitrogens with zero attached hydrogens (tertiary/aromatic N) is 1. The first-order valence-corrected chi connectivity index (χ1v) is 7.92. The molecule has 0 fully saturated rings. The molecule has 1 aromatic heterocycles. The molecule has 104 valence electrons. The van der Waals surface area contributed by atoms with Crippen molar-refractivity contribution < 1.29 is 0 Å². The van der Waals surface area contributed by atoms with E-state index in [9.17, 15) is 0 Å². The third kappa shape index (κ3) is 3.09. The third-order valence-electron chi connectivity index (χ3n) is 3.01. The summed E-state index contributed by atoms with van der Waals surface area (Å²) in [6, 6.07) is 17.8. The molecule has 0 radical (unpaired) electrons. The molecular formula is C16H12BrN3S. The number of benzene rings is 2. The molecule has 0 saturated heterocycles. The van der Waals surface area contributed by atoms with Crippen molar-refractivity contribution in [3.05, 3.63) is 64.6 Å². The number of amidine groups is 1. The molecule has 3 aromatic rings. The minimum Gasteiger partial charge on any atom is -0.384 e. The Bertz CT molecular complexity index is 815. The van der Waals surface area contributed by atoms with Crippen LogP contribution < -0.4 is 5.73 Å². The van der Waals surface area contributed by atoms with Gasteiger partial charge in [0.2, 0.25) is 0 Å². The number of hydrogen-bond donors (Lipinski definition) is 2. The molecular weight excluding hydrogens is 346 g/mol. The Balaban J connectivity index is 2.09. The Morgan fingerprint density at radius 1 is 1.10 bits per heavy atom. The second-order valence-corrected chi connectivity index (χ2v) is 6.48. The zero-order valence-corrected chi connectivity index (χ0v) is 13.4. The van der Waals surface area contributed by atoms with Crippen molar-refractivity contribution >= 4 is 44.4 Å². The molecule has 3 rings (SSSR count). The van der Waals surface area contributed by atoms with E-state index in [1.165, 1.54) is 11.8 Å². The largest absolute Gasteiger partial charge is 0.384 e. The van der Waals surface area contributed by atoms with Crippen LogP contribution in [-0.4, -0.2) is 10.8 Å². The Labute approximate surface area is 135 Å². The highest BCUT2D eigenvalue weighted by Gasteiger charge is 2.11. The summed E-state index contributed by atoms with van der Waals surface area (Å²) in [4.78, 5) is 5.70. The van der Waals surface area contributed by atoms with Crippen LogP contribution in [0.3, 0.4) is 0 Å². The molecule has 0 aliphatic rings. The van der Waals surface area contributed by atoms with Gasteiger partial charge in [-0.25, -0.2) is 4.98 Å². The molecule has 21 heavy (non-hydrogen) atoms. The lowest BCUT2D eigenvalue weighted by atomic mass is 10.1. The van der Waals surface area contributed by atoms with Gasteiger partial charge in [-0.3, -0.25) is 5.41 Å². The predicted octanol–water partition coefficient (Wildman–Crippen LogP) is 4.43. The molecule has 0 saturated carbocycles. The summed E-state index contributed by atoms with van der Waals surface area (Å²) in [6.45, 7) is 0. The van der Waals surface area contributed by atoms with Gasteiger partial charge in [0.05, 0.1) is 5.52 Å². The zero-order chi connectivity index (χ0) is 14.8. The number of pyridine rings is 1. The summed E-state index contributed by atoms with van der Waals surface area (Å²) in [5, 5.41) is 9.51. The van der Waals surface area contributed by atoms with Gasteiger partial charge in [-0.2, -0.15) is 0 Å². The van der Waals surface area contributed by atoms with Gasteiger partial charge in [-0.1, -0.05) is 45.9 Å². The number of aromatic nitrogens is 1. The van der Waals surface area contributed by atoms with Crippen LogP contribution in [0, 0.1) is 5.41 Å². The standard InChI is InChI=1S/C16H12BrN3S/c17-11-5-7-12(8-6-11)21-16-13(15(18)19)9-10-3-1-2-4-14(10)20-16/h1-9H,(H3,18,19). The number of halogens is 1. The average molecular weight is 358 g/mol. The number of rotatable bonds is 3. The van der Waals surface area contributed by atoms with Crippen LogP contribution in [0.1, 0.15) is 5.56 Å². The number of nitrogens with two attached hydrogens (primary N) is 1. The monoisotopic (exact) mass is 357 g/mol. The zero-order valence-electron chi connectivity index (χ0n) is 11.0. The maximum Gasteiger partial charge on any atom is 0.125 e. The maximum absolute atomic E-state index is 7.77. The molecule has 0 atom stereocenters. The first kappa shape index (κ1) is 14.1. The molecule has 0 amide bonds. The van der Waals surface area contributed by atoms with Gasteiger partial charge in [0.15, 0.2) is 0 Å². The first-order valence-electron chi connectivity index (χ1n) is 6.31. The van der Waals surface area contributed by atoms with Crippen LogP contribution in [0.2, 0.25) is 0 Å². The van der Waals surface area contributed by atoms with Crippen molar-refractivity contribution in [1.29, 1.82) is 5.41 Å². The van der Waals surface area contributed by atoms with Gasteiger partial charge in [-0.15, -0.1) is 0 Å². The van der Waals surface area contributed by atoms with E-state index >= 15 is 0 Å². The molecule has 0 bridgehead atoms. The minimum atomic E-state index is 0.0351. The summed E-state index contributed by atoms with van der Waals surface area (Å²) >= 11 is 4.94. The Hall–Kier alpha value is -1.85. The summed E-state index contributed by atoms with van der Waals surface area (Å²) < 4.78 is 1.03. The van der Waals surface area contributed by atoms with E-state index in [1.54, 1.807) is 0 Å². The molecule has 0 spiro atoms. The van der Waals surface area contributed by atoms with Gasteiger partial charge in [-0.05, 0) is 36.4 Å². The van der Waals surface area contributed by atoms with Crippen molar-refractivity contribution in [2.45, 2.75) is 9.92 Å². The maximum atomic E-state index is 7.77. The van der Waals surface area contributed by atoms with Gasteiger partial charge >= 0.3 is 0 Å². The van der Waals surface area contributed by atoms with Crippen LogP contribution in [0.15, 0.2) is 69.0 Å². The first-order chi connectivity index (χ1) is 10.1. The predicted molar refractivity (Wildman–Crippen MR) is 91.0 cm³/mol. The van der Waals surface area contributed by atoms with E-state index < -0.39 is 0 Å². The van der Waals surface area contributed by atoms with E-state index in [4.69, 9.17) is 11.1 Å². The van der Waals surface area contributed by atoms with Crippen LogP contribution in [0.4, 0.5) is 0 Å². The molecule has 3 nitrogen and oxygen atoms in total. The van der Waals surface area contributed by atoms with E-state index in [0.29, 0.717) is 5.56 Å². The SMILES string of the molecule is N=C(N)c1cc2ccccc2nc1Sc1ccc(Br)cc1.